The summed E-state index contributed by atoms with van der Waals surface area (Å²) in [5.41, 5.74) is 6.60. The van der Waals surface area contributed by atoms with Crippen molar-refractivity contribution in [2.24, 2.45) is 0 Å². The van der Waals surface area contributed by atoms with Crippen molar-refractivity contribution in [1.82, 2.24) is 0 Å². The number of nitriles is 3. The van der Waals surface area contributed by atoms with Crippen molar-refractivity contribution in [2.75, 3.05) is 4.90 Å². The second-order valence-electron chi connectivity index (χ2n) is 8.36. The predicted octanol–water partition coefficient (Wildman–Crippen LogP) is 3.81. The molecule has 34 heavy (non-hydrogen) atoms. The first kappa shape index (κ1) is 18.4. The summed E-state index contributed by atoms with van der Waals surface area (Å²) in [6, 6.07) is 27.3. The van der Waals surface area contributed by atoms with Crippen molar-refractivity contribution in [2.45, 2.75) is 0 Å². The quantitative estimate of drug-likeness (QED) is 0.365. The van der Waals surface area contributed by atoms with Crippen LogP contribution in [0.15, 0.2) is 66.7 Å². The molecule has 4 aromatic carbocycles. The fourth-order valence-corrected chi connectivity index (χ4v) is 5.23. The van der Waals surface area contributed by atoms with E-state index in [0.29, 0.717) is 45.4 Å². The Kier molecular flexibility index (Phi) is 3.47. The van der Waals surface area contributed by atoms with E-state index in [0.717, 1.165) is 27.8 Å². The smallest absolute Gasteiger partial charge is 0.247 e. The maximum absolute atomic E-state index is 9.78. The van der Waals surface area contributed by atoms with Crippen molar-refractivity contribution >= 4 is 40.2 Å². The molecule has 0 spiro atoms. The van der Waals surface area contributed by atoms with E-state index in [1.54, 1.807) is 24.3 Å². The van der Waals surface area contributed by atoms with E-state index < -0.39 is 0 Å². The van der Waals surface area contributed by atoms with E-state index in [1.165, 1.54) is 0 Å². The van der Waals surface area contributed by atoms with Gasteiger partial charge in [-0.2, -0.15) is 15.8 Å². The lowest BCUT2D eigenvalue weighted by atomic mass is 9.35. The van der Waals surface area contributed by atoms with Crippen molar-refractivity contribution in [3.8, 4) is 41.2 Å². The third-order valence-electron chi connectivity index (χ3n) is 6.50. The second-order valence-corrected chi connectivity index (χ2v) is 8.36. The molecule has 7 rings (SSSR count). The Morgan fingerprint density at radius 3 is 1.50 bits per heavy atom. The molecule has 3 aliphatic rings. The highest BCUT2D eigenvalue weighted by Crippen LogP contribution is 2.60. The maximum Gasteiger partial charge on any atom is 0.247 e. The van der Waals surface area contributed by atoms with Crippen molar-refractivity contribution in [3.63, 3.8) is 0 Å². The zero-order chi connectivity index (χ0) is 23.0. The summed E-state index contributed by atoms with van der Waals surface area (Å²) in [7, 11) is 0. The van der Waals surface area contributed by atoms with Gasteiger partial charge in [-0.15, -0.1) is 0 Å². The van der Waals surface area contributed by atoms with E-state index in [-0.39, 0.29) is 6.71 Å². The average molecular weight is 434 g/mol. The first-order valence-electron chi connectivity index (χ1n) is 10.6. The Bertz CT molecular complexity index is 1610. The summed E-state index contributed by atoms with van der Waals surface area (Å²) in [6.07, 6.45) is 0. The number of hydrogen-bond acceptors (Lipinski definition) is 6. The highest BCUT2D eigenvalue weighted by atomic mass is 16.5. The van der Waals surface area contributed by atoms with E-state index >= 15 is 0 Å². The zero-order valence-electron chi connectivity index (χ0n) is 17.5. The summed E-state index contributed by atoms with van der Waals surface area (Å²) in [4.78, 5) is 2.09. The van der Waals surface area contributed by atoms with Gasteiger partial charge in [-0.1, -0.05) is 35.8 Å². The molecule has 6 nitrogen and oxygen atoms in total. The molecule has 0 atom stereocenters. The molecule has 0 bridgehead atoms. The van der Waals surface area contributed by atoms with E-state index in [9.17, 15) is 15.8 Å². The summed E-state index contributed by atoms with van der Waals surface area (Å²) < 4.78 is 12.6. The van der Waals surface area contributed by atoms with Gasteiger partial charge in [-0.25, -0.2) is 0 Å². The summed E-state index contributed by atoms with van der Waals surface area (Å²) in [6.45, 7) is -0.227. The molecule has 3 aliphatic heterocycles. The summed E-state index contributed by atoms with van der Waals surface area (Å²) in [5, 5.41) is 29.1. The molecule has 0 amide bonds. The zero-order valence-corrected chi connectivity index (χ0v) is 17.5. The van der Waals surface area contributed by atoms with Crippen LogP contribution >= 0.6 is 0 Å². The first-order valence-corrected chi connectivity index (χ1v) is 10.6. The minimum atomic E-state index is -0.227. The molecule has 4 aromatic rings. The average Bonchev–Trinajstić information content (AvgIpc) is 2.88. The van der Waals surface area contributed by atoms with E-state index in [2.05, 4.69) is 23.1 Å². The molecular formula is C27H11BN4O2. The SMILES string of the molecule is N#Cc1cc2c3c(c1)Oc1cc(C#N)cc4c1N3c1c(cc(C#N)cc1B4c1ccccc1)O2. The van der Waals surface area contributed by atoms with E-state index in [1.807, 2.05) is 42.5 Å². The summed E-state index contributed by atoms with van der Waals surface area (Å²) in [5.74, 6) is 2.07. The number of hydrogen-bond donors (Lipinski definition) is 0. The Hall–Kier alpha value is -5.19. The normalized spacial score (nSPS) is 13.0. The lowest BCUT2D eigenvalue weighted by Crippen LogP contribution is -2.58. The molecule has 154 valence electrons. The first-order chi connectivity index (χ1) is 16.7. The largest absolute Gasteiger partial charge is 0.453 e. The van der Waals surface area contributed by atoms with Crippen LogP contribution in [0.4, 0.5) is 17.1 Å². The van der Waals surface area contributed by atoms with Gasteiger partial charge in [0, 0.05) is 24.3 Å². The minimum absolute atomic E-state index is 0.227. The molecule has 7 heteroatoms. The van der Waals surface area contributed by atoms with Gasteiger partial charge in [0.05, 0.1) is 46.3 Å². The molecule has 0 saturated heterocycles. The number of ether oxygens (including phenoxy) is 2. The fraction of sp³-hybridized carbons (Fsp3) is 0. The standard InChI is InChI=1S/C27H11BN4O2/c29-12-15-6-19-25-21(8-15)33-23-10-17(14-31)11-24-27(23)32(25)26-20(7-16(13-30)9-22(26)34-24)28(19)18-4-2-1-3-5-18/h1-11H. The van der Waals surface area contributed by atoms with Crippen LogP contribution in [-0.4, -0.2) is 6.71 Å². The molecule has 0 aliphatic carbocycles. The number of benzene rings is 4. The number of anilines is 3. The van der Waals surface area contributed by atoms with Crippen molar-refractivity contribution in [3.05, 3.63) is 83.4 Å². The van der Waals surface area contributed by atoms with Crippen molar-refractivity contribution in [1.29, 1.82) is 15.8 Å². The number of nitrogens with zero attached hydrogens (tertiary/aromatic N) is 4. The van der Waals surface area contributed by atoms with Gasteiger partial charge in [0.1, 0.15) is 5.69 Å². The van der Waals surface area contributed by atoms with Gasteiger partial charge in [-0.3, -0.25) is 4.90 Å². The van der Waals surface area contributed by atoms with Crippen LogP contribution in [0.1, 0.15) is 16.7 Å². The van der Waals surface area contributed by atoms with Gasteiger partial charge in [0.2, 0.25) is 6.71 Å². The number of rotatable bonds is 1. The van der Waals surface area contributed by atoms with Crippen LogP contribution in [0.2, 0.25) is 0 Å². The monoisotopic (exact) mass is 434 g/mol. The predicted molar refractivity (Wildman–Crippen MR) is 127 cm³/mol. The molecule has 0 unspecified atom stereocenters. The molecule has 3 heterocycles. The van der Waals surface area contributed by atoms with Crippen LogP contribution in [0.25, 0.3) is 0 Å². The molecule has 0 saturated carbocycles. The van der Waals surface area contributed by atoms with Gasteiger partial charge in [0.25, 0.3) is 0 Å². The molecular weight excluding hydrogens is 423 g/mol. The van der Waals surface area contributed by atoms with Crippen LogP contribution in [-0.2, 0) is 0 Å². The maximum atomic E-state index is 9.78. The lowest BCUT2D eigenvalue weighted by molar-refractivity contribution is 0.446. The Balaban J connectivity index is 1.65. The third-order valence-corrected chi connectivity index (χ3v) is 6.50. The Labute approximate surface area is 195 Å². The van der Waals surface area contributed by atoms with E-state index in [4.69, 9.17) is 9.47 Å². The molecule has 0 radical (unpaired) electrons. The van der Waals surface area contributed by atoms with Crippen molar-refractivity contribution < 1.29 is 9.47 Å². The van der Waals surface area contributed by atoms with Crippen LogP contribution in [0.3, 0.4) is 0 Å². The van der Waals surface area contributed by atoms with Crippen LogP contribution in [0.5, 0.6) is 23.0 Å². The Morgan fingerprint density at radius 2 is 1.03 bits per heavy atom. The minimum Gasteiger partial charge on any atom is -0.453 e. The van der Waals surface area contributed by atoms with Crippen LogP contribution < -0.4 is 30.8 Å². The molecule has 0 N–H and O–H groups in total. The van der Waals surface area contributed by atoms with Gasteiger partial charge >= 0.3 is 0 Å². The fourth-order valence-electron chi connectivity index (χ4n) is 5.23. The molecule has 0 aromatic heterocycles. The summed E-state index contributed by atoms with van der Waals surface area (Å²) >= 11 is 0. The van der Waals surface area contributed by atoms with Gasteiger partial charge < -0.3 is 9.47 Å². The Morgan fingerprint density at radius 1 is 0.588 bits per heavy atom. The highest BCUT2D eigenvalue weighted by molar-refractivity contribution is 6.98. The second kappa shape index (κ2) is 6.42. The van der Waals surface area contributed by atoms with Crippen LogP contribution in [0, 0.1) is 34.0 Å². The highest BCUT2D eigenvalue weighted by Gasteiger charge is 2.45. The van der Waals surface area contributed by atoms with Gasteiger partial charge in [0.15, 0.2) is 23.0 Å². The lowest BCUT2D eigenvalue weighted by Gasteiger charge is -2.44. The molecule has 0 fully saturated rings. The third kappa shape index (κ3) is 2.27. The topological polar surface area (TPSA) is 93.1 Å². The van der Waals surface area contributed by atoms with Gasteiger partial charge in [-0.05, 0) is 23.1 Å².